The lowest BCUT2D eigenvalue weighted by Crippen LogP contribution is -2.07. The smallest absolute Gasteiger partial charge is 0.126 e. The van der Waals surface area contributed by atoms with Crippen LogP contribution in [0.1, 0.15) is 17.7 Å². The van der Waals surface area contributed by atoms with Gasteiger partial charge in [0.25, 0.3) is 0 Å². The zero-order chi connectivity index (χ0) is 14.1. The largest absolute Gasteiger partial charge is 0.493 e. The summed E-state index contributed by atoms with van der Waals surface area (Å²) in [4.78, 5) is 7.17. The quantitative estimate of drug-likeness (QED) is 0.757. The first-order chi connectivity index (χ1) is 10.4. The molecule has 0 radical (unpaired) electrons. The maximum Gasteiger partial charge on any atom is 0.126 e. The lowest BCUT2D eigenvalue weighted by molar-refractivity contribution is 0.317. The van der Waals surface area contributed by atoms with Gasteiger partial charge in [0.05, 0.1) is 31.0 Å². The van der Waals surface area contributed by atoms with E-state index in [9.17, 15) is 0 Å². The van der Waals surface area contributed by atoms with Gasteiger partial charge in [-0.3, -0.25) is 5.10 Å². The molecule has 0 unspecified atom stereocenters. The second kappa shape index (κ2) is 4.94. The molecular formula is C16H14N4O. The number of rotatable bonds is 2. The lowest BCUT2D eigenvalue weighted by atomic mass is 9.95. The standard InChI is InChI=1S/C16H14N4O/c1-2-16-15(6-11(1)13-7-19-20-8-13)12(3-4-21-16)5-14-9-17-10-18-14/h1-2,5-10H,3-4H2,(H,17,18)(H,19,20). The fourth-order valence-electron chi connectivity index (χ4n) is 2.58. The molecule has 3 aromatic rings. The van der Waals surface area contributed by atoms with E-state index in [4.69, 9.17) is 4.74 Å². The molecule has 0 spiro atoms. The molecule has 21 heavy (non-hydrogen) atoms. The lowest BCUT2D eigenvalue weighted by Gasteiger charge is -2.20. The maximum absolute atomic E-state index is 5.76. The van der Waals surface area contributed by atoms with Gasteiger partial charge in [0.15, 0.2) is 0 Å². The van der Waals surface area contributed by atoms with Crippen LogP contribution < -0.4 is 4.74 Å². The molecule has 4 rings (SSSR count). The van der Waals surface area contributed by atoms with Crippen molar-refractivity contribution >= 4 is 11.6 Å². The number of imidazole rings is 1. The third kappa shape index (κ3) is 2.23. The summed E-state index contributed by atoms with van der Waals surface area (Å²) in [6, 6.07) is 6.24. The predicted octanol–water partition coefficient (Wildman–Crippen LogP) is 3.12. The summed E-state index contributed by atoms with van der Waals surface area (Å²) in [5.41, 5.74) is 5.60. The Labute approximate surface area is 121 Å². The van der Waals surface area contributed by atoms with Crippen molar-refractivity contribution < 1.29 is 4.74 Å². The van der Waals surface area contributed by atoms with Crippen molar-refractivity contribution in [3.63, 3.8) is 0 Å². The third-order valence-electron chi connectivity index (χ3n) is 3.64. The number of benzene rings is 1. The van der Waals surface area contributed by atoms with Gasteiger partial charge >= 0.3 is 0 Å². The summed E-state index contributed by atoms with van der Waals surface area (Å²) < 4.78 is 5.76. The topological polar surface area (TPSA) is 66.6 Å². The first-order valence-corrected chi connectivity index (χ1v) is 6.85. The summed E-state index contributed by atoms with van der Waals surface area (Å²) in [7, 11) is 0. The highest BCUT2D eigenvalue weighted by molar-refractivity contribution is 5.86. The molecule has 0 aliphatic carbocycles. The Morgan fingerprint density at radius 1 is 1.19 bits per heavy atom. The second-order valence-corrected chi connectivity index (χ2v) is 4.97. The first-order valence-electron chi connectivity index (χ1n) is 6.85. The van der Waals surface area contributed by atoms with Crippen LogP contribution in [0, 0.1) is 0 Å². The van der Waals surface area contributed by atoms with Crippen molar-refractivity contribution in [2.24, 2.45) is 0 Å². The summed E-state index contributed by atoms with van der Waals surface area (Å²) in [6.45, 7) is 0.706. The molecule has 0 atom stereocenters. The second-order valence-electron chi connectivity index (χ2n) is 4.97. The minimum absolute atomic E-state index is 0.706. The normalized spacial score (nSPS) is 15.7. The predicted molar refractivity (Wildman–Crippen MR) is 80.6 cm³/mol. The van der Waals surface area contributed by atoms with Crippen molar-refractivity contribution in [3.8, 4) is 16.9 Å². The Bertz CT molecular complexity index is 773. The van der Waals surface area contributed by atoms with E-state index in [1.165, 1.54) is 5.57 Å². The van der Waals surface area contributed by atoms with Crippen LogP contribution in [0.15, 0.2) is 43.1 Å². The number of H-pyrrole nitrogens is 2. The zero-order valence-corrected chi connectivity index (χ0v) is 11.3. The Kier molecular flexibility index (Phi) is 2.81. The number of ether oxygens (including phenoxy) is 1. The van der Waals surface area contributed by atoms with Crippen LogP contribution in [0.3, 0.4) is 0 Å². The number of aromatic nitrogens is 4. The molecule has 104 valence electrons. The van der Waals surface area contributed by atoms with E-state index in [1.807, 2.05) is 24.7 Å². The first kappa shape index (κ1) is 12.0. The Morgan fingerprint density at radius 2 is 2.19 bits per heavy atom. The van der Waals surface area contributed by atoms with E-state index in [0.29, 0.717) is 6.61 Å². The fourth-order valence-corrected chi connectivity index (χ4v) is 2.58. The van der Waals surface area contributed by atoms with Crippen molar-refractivity contribution in [2.75, 3.05) is 6.61 Å². The average molecular weight is 278 g/mol. The van der Waals surface area contributed by atoms with E-state index < -0.39 is 0 Å². The van der Waals surface area contributed by atoms with Gasteiger partial charge in [0.2, 0.25) is 0 Å². The van der Waals surface area contributed by atoms with Gasteiger partial charge in [-0.15, -0.1) is 0 Å². The molecule has 3 heterocycles. The van der Waals surface area contributed by atoms with Crippen molar-refractivity contribution in [3.05, 3.63) is 54.4 Å². The SMILES string of the molecule is C(=C1CCOc2ccc(-c3cn[nH]c3)cc21)c1cnc[nH]1. The number of fused-ring (bicyclic) bond motifs is 1. The van der Waals surface area contributed by atoms with Crippen LogP contribution in [0.5, 0.6) is 5.75 Å². The monoisotopic (exact) mass is 278 g/mol. The van der Waals surface area contributed by atoms with Crippen molar-refractivity contribution in [2.45, 2.75) is 6.42 Å². The van der Waals surface area contributed by atoms with E-state index in [1.54, 1.807) is 6.33 Å². The summed E-state index contributed by atoms with van der Waals surface area (Å²) in [5.74, 6) is 0.930. The van der Waals surface area contributed by atoms with E-state index in [2.05, 4.69) is 38.4 Å². The van der Waals surface area contributed by atoms with Crippen LogP contribution in [-0.4, -0.2) is 26.8 Å². The Balaban J connectivity index is 1.80. The zero-order valence-electron chi connectivity index (χ0n) is 11.3. The Hall–Kier alpha value is -2.82. The number of hydrogen-bond donors (Lipinski definition) is 2. The van der Waals surface area contributed by atoms with Gasteiger partial charge < -0.3 is 9.72 Å². The maximum atomic E-state index is 5.76. The van der Waals surface area contributed by atoms with Gasteiger partial charge in [-0.2, -0.15) is 5.10 Å². The molecule has 0 saturated heterocycles. The van der Waals surface area contributed by atoms with Crippen LogP contribution >= 0.6 is 0 Å². The van der Waals surface area contributed by atoms with E-state index in [0.717, 1.165) is 34.6 Å². The average Bonchev–Trinajstić information content (AvgIpc) is 3.21. The molecule has 5 nitrogen and oxygen atoms in total. The van der Waals surface area contributed by atoms with Crippen LogP contribution in [0.4, 0.5) is 0 Å². The highest BCUT2D eigenvalue weighted by Gasteiger charge is 2.16. The molecule has 2 N–H and O–H groups in total. The number of aromatic amines is 2. The van der Waals surface area contributed by atoms with Gasteiger partial charge in [-0.25, -0.2) is 4.98 Å². The third-order valence-corrected chi connectivity index (χ3v) is 3.64. The molecule has 1 aromatic carbocycles. The van der Waals surface area contributed by atoms with Crippen LogP contribution in [0.25, 0.3) is 22.8 Å². The van der Waals surface area contributed by atoms with Crippen molar-refractivity contribution in [1.29, 1.82) is 0 Å². The molecule has 0 saturated carbocycles. The van der Waals surface area contributed by atoms with Crippen LogP contribution in [0.2, 0.25) is 0 Å². The highest BCUT2D eigenvalue weighted by Crippen LogP contribution is 2.36. The number of hydrogen-bond acceptors (Lipinski definition) is 3. The minimum Gasteiger partial charge on any atom is -0.493 e. The van der Waals surface area contributed by atoms with Crippen LogP contribution in [-0.2, 0) is 0 Å². The van der Waals surface area contributed by atoms with Gasteiger partial charge in [-0.05, 0) is 29.3 Å². The van der Waals surface area contributed by atoms with E-state index in [-0.39, 0.29) is 0 Å². The highest BCUT2D eigenvalue weighted by atomic mass is 16.5. The molecule has 1 aliphatic rings. The van der Waals surface area contributed by atoms with E-state index >= 15 is 0 Å². The molecule has 2 aromatic heterocycles. The van der Waals surface area contributed by atoms with Gasteiger partial charge in [-0.1, -0.05) is 6.07 Å². The van der Waals surface area contributed by atoms with Gasteiger partial charge in [0.1, 0.15) is 5.75 Å². The number of nitrogens with one attached hydrogen (secondary N) is 2. The molecule has 1 aliphatic heterocycles. The molecule has 0 fully saturated rings. The molecular weight excluding hydrogens is 264 g/mol. The number of nitrogens with zero attached hydrogens (tertiary/aromatic N) is 2. The summed E-state index contributed by atoms with van der Waals surface area (Å²) in [5, 5.41) is 6.85. The van der Waals surface area contributed by atoms with Gasteiger partial charge in [0, 0.05) is 23.7 Å². The Morgan fingerprint density at radius 3 is 3.00 bits per heavy atom. The summed E-state index contributed by atoms with van der Waals surface area (Å²) >= 11 is 0. The minimum atomic E-state index is 0.706. The molecule has 0 amide bonds. The fraction of sp³-hybridized carbons (Fsp3) is 0.125. The van der Waals surface area contributed by atoms with Crippen molar-refractivity contribution in [1.82, 2.24) is 20.2 Å². The molecule has 5 heteroatoms. The molecule has 0 bridgehead atoms. The summed E-state index contributed by atoms with van der Waals surface area (Å²) in [6.07, 6.45) is 10.2.